The first-order chi connectivity index (χ1) is 20.0. The van der Waals surface area contributed by atoms with Gasteiger partial charge in [0.15, 0.2) is 0 Å². The molecule has 0 saturated heterocycles. The van der Waals surface area contributed by atoms with Crippen molar-refractivity contribution in [2.45, 2.75) is 37.4 Å². The van der Waals surface area contributed by atoms with Crippen molar-refractivity contribution in [3.63, 3.8) is 0 Å². The fraction of sp³-hybridized carbons (Fsp3) is 0.158. The summed E-state index contributed by atoms with van der Waals surface area (Å²) in [4.78, 5) is 0. The van der Waals surface area contributed by atoms with Crippen LogP contribution in [0.1, 0.15) is 59.7 Å². The van der Waals surface area contributed by atoms with Gasteiger partial charge in [-0.3, -0.25) is 0 Å². The van der Waals surface area contributed by atoms with Crippen LogP contribution in [-0.2, 0) is 16.6 Å². The highest BCUT2D eigenvalue weighted by atomic mass is 79.9. The van der Waals surface area contributed by atoms with E-state index in [2.05, 4.69) is 113 Å². The molecular formula is C38H30Br2O2. The Kier molecular flexibility index (Phi) is 6.31. The van der Waals surface area contributed by atoms with Gasteiger partial charge in [-0.1, -0.05) is 131 Å². The molecule has 0 heterocycles. The first kappa shape index (κ1) is 27.5. The van der Waals surface area contributed by atoms with E-state index >= 15 is 0 Å². The van der Waals surface area contributed by atoms with E-state index < -0.39 is 11.2 Å². The van der Waals surface area contributed by atoms with Gasteiger partial charge < -0.3 is 10.2 Å². The summed E-state index contributed by atoms with van der Waals surface area (Å²) in [6.07, 6.45) is 0. The van der Waals surface area contributed by atoms with Crippen molar-refractivity contribution in [3.8, 4) is 0 Å². The van der Waals surface area contributed by atoms with Gasteiger partial charge in [0.1, 0.15) is 11.2 Å². The Bertz CT molecular complexity index is 2040. The number of hydrogen-bond acceptors (Lipinski definition) is 2. The summed E-state index contributed by atoms with van der Waals surface area (Å²) in [5.41, 5.74) is 2.25. The standard InChI is InChI=1S/C38H30Br2O2/c1-36(2,3)27-14-17-34-35(22-27)38(42,29-13-9-26-21-31(40)16-11-24(26)19-29)33-7-5-4-6-32(33)37(34,41)28-12-8-25-20-30(39)15-10-23(25)18-28/h4-22,41-42H,1-3H3. The molecule has 2 N–H and O–H groups in total. The van der Waals surface area contributed by atoms with Gasteiger partial charge in [-0.05, 0) is 102 Å². The second kappa shape index (κ2) is 9.62. The molecule has 0 radical (unpaired) electrons. The highest BCUT2D eigenvalue weighted by molar-refractivity contribution is 9.10. The molecular weight excluding hydrogens is 648 g/mol. The maximum atomic E-state index is 13.1. The molecule has 208 valence electrons. The summed E-state index contributed by atoms with van der Waals surface area (Å²) in [5, 5.41) is 30.4. The molecule has 1 aliphatic rings. The molecule has 7 rings (SSSR count). The van der Waals surface area contributed by atoms with Crippen LogP contribution in [0.15, 0.2) is 124 Å². The Morgan fingerprint density at radius 3 is 1.40 bits per heavy atom. The molecule has 6 aromatic rings. The number of fused-ring (bicyclic) bond motifs is 4. The number of benzene rings is 6. The Labute approximate surface area is 262 Å². The van der Waals surface area contributed by atoms with Crippen LogP contribution in [0.3, 0.4) is 0 Å². The minimum atomic E-state index is -1.48. The number of hydrogen-bond donors (Lipinski definition) is 2. The zero-order chi connectivity index (χ0) is 29.4. The molecule has 6 aromatic carbocycles. The third kappa shape index (κ3) is 4.11. The fourth-order valence-corrected chi connectivity index (χ4v) is 7.29. The van der Waals surface area contributed by atoms with Crippen LogP contribution in [0.25, 0.3) is 21.5 Å². The molecule has 2 atom stereocenters. The van der Waals surface area contributed by atoms with E-state index in [4.69, 9.17) is 0 Å². The lowest BCUT2D eigenvalue weighted by Crippen LogP contribution is -2.44. The summed E-state index contributed by atoms with van der Waals surface area (Å²) in [5.74, 6) is 0. The lowest BCUT2D eigenvalue weighted by molar-refractivity contribution is 0.0747. The maximum Gasteiger partial charge on any atom is 0.141 e. The summed E-state index contributed by atoms with van der Waals surface area (Å²) >= 11 is 7.16. The molecule has 0 aliphatic heterocycles. The van der Waals surface area contributed by atoms with Crippen molar-refractivity contribution in [2.75, 3.05) is 0 Å². The van der Waals surface area contributed by atoms with E-state index in [0.29, 0.717) is 22.3 Å². The monoisotopic (exact) mass is 676 g/mol. The molecule has 0 amide bonds. The lowest BCUT2D eigenvalue weighted by atomic mass is 9.62. The Hall–Kier alpha value is -3.28. The topological polar surface area (TPSA) is 40.5 Å². The molecule has 0 saturated carbocycles. The predicted molar refractivity (Wildman–Crippen MR) is 179 cm³/mol. The van der Waals surface area contributed by atoms with Crippen LogP contribution in [0.2, 0.25) is 0 Å². The maximum absolute atomic E-state index is 13.1. The summed E-state index contributed by atoms with van der Waals surface area (Å²) in [6.45, 7) is 6.52. The SMILES string of the molecule is CC(C)(C)c1ccc2c(c1)C(O)(c1ccc3cc(Br)ccc3c1)c1ccccc1C2(O)c1ccc2cc(Br)ccc2c1. The predicted octanol–water partition coefficient (Wildman–Crippen LogP) is 9.70. The van der Waals surface area contributed by atoms with Gasteiger partial charge in [-0.2, -0.15) is 0 Å². The van der Waals surface area contributed by atoms with Crippen molar-refractivity contribution in [2.24, 2.45) is 0 Å². The van der Waals surface area contributed by atoms with Crippen LogP contribution in [0.5, 0.6) is 0 Å². The number of aliphatic hydroxyl groups is 2. The van der Waals surface area contributed by atoms with Crippen LogP contribution in [0, 0.1) is 0 Å². The largest absolute Gasteiger partial charge is 0.376 e. The molecule has 2 nitrogen and oxygen atoms in total. The molecule has 1 aliphatic carbocycles. The van der Waals surface area contributed by atoms with Crippen LogP contribution in [0.4, 0.5) is 0 Å². The number of rotatable bonds is 2. The van der Waals surface area contributed by atoms with Crippen molar-refractivity contribution in [1.29, 1.82) is 0 Å². The van der Waals surface area contributed by atoms with Crippen molar-refractivity contribution >= 4 is 53.4 Å². The second-order valence-corrected chi connectivity index (χ2v) is 14.2. The fourth-order valence-electron chi connectivity index (χ4n) is 6.54. The van der Waals surface area contributed by atoms with E-state index in [1.807, 2.05) is 54.6 Å². The molecule has 0 spiro atoms. The third-order valence-corrected chi connectivity index (χ3v) is 9.80. The first-order valence-electron chi connectivity index (χ1n) is 14.1. The zero-order valence-electron chi connectivity index (χ0n) is 23.6. The Balaban J connectivity index is 1.56. The van der Waals surface area contributed by atoms with Gasteiger partial charge >= 0.3 is 0 Å². The molecule has 42 heavy (non-hydrogen) atoms. The van der Waals surface area contributed by atoms with Crippen LogP contribution < -0.4 is 0 Å². The number of halogens is 2. The quantitative estimate of drug-likeness (QED) is 0.192. The Morgan fingerprint density at radius 1 is 0.476 bits per heavy atom. The van der Waals surface area contributed by atoms with Gasteiger partial charge in [0.25, 0.3) is 0 Å². The van der Waals surface area contributed by atoms with E-state index in [0.717, 1.165) is 47.2 Å². The summed E-state index contributed by atoms with van der Waals surface area (Å²) in [6, 6.07) is 38.6. The van der Waals surface area contributed by atoms with Gasteiger partial charge in [0.2, 0.25) is 0 Å². The summed E-state index contributed by atoms with van der Waals surface area (Å²) in [7, 11) is 0. The summed E-state index contributed by atoms with van der Waals surface area (Å²) < 4.78 is 2.02. The van der Waals surface area contributed by atoms with Gasteiger partial charge in [-0.15, -0.1) is 0 Å². The van der Waals surface area contributed by atoms with Gasteiger partial charge in [0, 0.05) is 8.95 Å². The third-order valence-electron chi connectivity index (χ3n) is 8.81. The van der Waals surface area contributed by atoms with Crippen molar-refractivity contribution in [3.05, 3.63) is 163 Å². The van der Waals surface area contributed by atoms with Crippen molar-refractivity contribution in [1.82, 2.24) is 0 Å². The van der Waals surface area contributed by atoms with Crippen LogP contribution in [-0.4, -0.2) is 10.2 Å². The smallest absolute Gasteiger partial charge is 0.141 e. The first-order valence-corrected chi connectivity index (χ1v) is 15.7. The van der Waals surface area contributed by atoms with E-state index in [9.17, 15) is 10.2 Å². The van der Waals surface area contributed by atoms with E-state index in [1.165, 1.54) is 0 Å². The average molecular weight is 678 g/mol. The minimum Gasteiger partial charge on any atom is -0.376 e. The molecule has 0 bridgehead atoms. The molecule has 4 heteroatoms. The normalized spacial score (nSPS) is 20.0. The average Bonchev–Trinajstić information content (AvgIpc) is 2.98. The second-order valence-electron chi connectivity index (χ2n) is 12.4. The minimum absolute atomic E-state index is 0.156. The zero-order valence-corrected chi connectivity index (χ0v) is 26.8. The van der Waals surface area contributed by atoms with E-state index in [-0.39, 0.29) is 5.41 Å². The van der Waals surface area contributed by atoms with E-state index in [1.54, 1.807) is 0 Å². The Morgan fingerprint density at radius 2 is 0.905 bits per heavy atom. The highest BCUT2D eigenvalue weighted by Gasteiger charge is 2.51. The molecule has 0 fully saturated rings. The van der Waals surface area contributed by atoms with Gasteiger partial charge in [-0.25, -0.2) is 0 Å². The molecule has 0 aromatic heterocycles. The van der Waals surface area contributed by atoms with Crippen LogP contribution >= 0.6 is 31.9 Å². The lowest BCUT2D eigenvalue weighted by Gasteiger charge is -2.46. The highest BCUT2D eigenvalue weighted by Crippen LogP contribution is 2.54. The van der Waals surface area contributed by atoms with Crippen molar-refractivity contribution < 1.29 is 10.2 Å². The molecule has 2 unspecified atom stereocenters. The van der Waals surface area contributed by atoms with Gasteiger partial charge in [0.05, 0.1) is 0 Å².